The van der Waals surface area contributed by atoms with Crippen molar-refractivity contribution >= 4 is 23.2 Å². The van der Waals surface area contributed by atoms with Crippen molar-refractivity contribution in [3.05, 3.63) is 24.3 Å². The molecule has 2 fully saturated rings. The van der Waals surface area contributed by atoms with Gasteiger partial charge in [0.25, 0.3) is 0 Å². The predicted molar refractivity (Wildman–Crippen MR) is 111 cm³/mol. The third kappa shape index (κ3) is 5.94. The van der Waals surface area contributed by atoms with Crippen molar-refractivity contribution in [3.63, 3.8) is 0 Å². The first-order chi connectivity index (χ1) is 13.5. The second-order valence-corrected chi connectivity index (χ2v) is 7.93. The van der Waals surface area contributed by atoms with E-state index in [1.54, 1.807) is 4.90 Å². The SMILES string of the molecule is CC1CCN(C(=O)CN(C)CC(=O)Nc2ccc(N3CCOCC3)cc2)CC1. The van der Waals surface area contributed by atoms with E-state index in [9.17, 15) is 9.59 Å². The lowest BCUT2D eigenvalue weighted by atomic mass is 9.99. The van der Waals surface area contributed by atoms with Gasteiger partial charge in [-0.05, 0) is 50.1 Å². The normalized spacial score (nSPS) is 18.4. The number of piperidine rings is 1. The Kier molecular flexibility index (Phi) is 7.28. The average molecular weight is 389 g/mol. The number of nitrogens with zero attached hydrogens (tertiary/aromatic N) is 3. The third-order valence-corrected chi connectivity index (χ3v) is 5.48. The number of hydrogen-bond donors (Lipinski definition) is 1. The van der Waals surface area contributed by atoms with E-state index in [0.29, 0.717) is 5.92 Å². The average Bonchev–Trinajstić information content (AvgIpc) is 2.69. The second-order valence-electron chi connectivity index (χ2n) is 7.93. The number of carbonyl (C=O) groups is 2. The number of amides is 2. The molecule has 2 aliphatic rings. The van der Waals surface area contributed by atoms with Crippen LogP contribution in [0.3, 0.4) is 0 Å². The van der Waals surface area contributed by atoms with Crippen molar-refractivity contribution in [3.8, 4) is 0 Å². The highest BCUT2D eigenvalue weighted by atomic mass is 16.5. The minimum absolute atomic E-state index is 0.108. The fourth-order valence-corrected chi connectivity index (χ4v) is 3.67. The zero-order chi connectivity index (χ0) is 19.9. The summed E-state index contributed by atoms with van der Waals surface area (Å²) in [4.78, 5) is 30.7. The van der Waals surface area contributed by atoms with E-state index in [2.05, 4.69) is 17.1 Å². The quantitative estimate of drug-likeness (QED) is 0.803. The van der Waals surface area contributed by atoms with Crippen molar-refractivity contribution in [2.45, 2.75) is 19.8 Å². The topological polar surface area (TPSA) is 65.1 Å². The van der Waals surface area contributed by atoms with Gasteiger partial charge >= 0.3 is 0 Å². The summed E-state index contributed by atoms with van der Waals surface area (Å²) in [6, 6.07) is 7.88. The van der Waals surface area contributed by atoms with Crippen LogP contribution in [0, 0.1) is 5.92 Å². The number of anilines is 2. The van der Waals surface area contributed by atoms with E-state index in [1.165, 1.54) is 0 Å². The Morgan fingerprint density at radius 2 is 1.71 bits per heavy atom. The molecule has 0 aliphatic carbocycles. The Morgan fingerprint density at radius 1 is 1.07 bits per heavy atom. The molecule has 0 bridgehead atoms. The lowest BCUT2D eigenvalue weighted by molar-refractivity contribution is -0.133. The van der Waals surface area contributed by atoms with Crippen LogP contribution in [0.2, 0.25) is 0 Å². The lowest BCUT2D eigenvalue weighted by Crippen LogP contribution is -2.44. The van der Waals surface area contributed by atoms with E-state index in [4.69, 9.17) is 4.74 Å². The van der Waals surface area contributed by atoms with Gasteiger partial charge in [-0.3, -0.25) is 14.5 Å². The maximum atomic E-state index is 12.4. The zero-order valence-corrected chi connectivity index (χ0v) is 17.0. The van der Waals surface area contributed by atoms with Crippen LogP contribution in [-0.4, -0.2) is 81.1 Å². The number of nitrogens with one attached hydrogen (secondary N) is 1. The molecular formula is C21H32N4O3. The molecule has 2 aliphatic heterocycles. The van der Waals surface area contributed by atoms with Crippen molar-refractivity contribution in [1.29, 1.82) is 0 Å². The first-order valence-corrected chi connectivity index (χ1v) is 10.2. The Hall–Kier alpha value is -2.12. The fourth-order valence-electron chi connectivity index (χ4n) is 3.67. The third-order valence-electron chi connectivity index (χ3n) is 5.48. The number of benzene rings is 1. The number of ether oxygens (including phenoxy) is 1. The summed E-state index contributed by atoms with van der Waals surface area (Å²) < 4.78 is 5.37. The zero-order valence-electron chi connectivity index (χ0n) is 17.0. The van der Waals surface area contributed by atoms with Crippen LogP contribution < -0.4 is 10.2 Å². The highest BCUT2D eigenvalue weighted by Gasteiger charge is 2.21. The number of likely N-dealkylation sites (N-methyl/N-ethyl adjacent to an activating group) is 1. The van der Waals surface area contributed by atoms with Gasteiger partial charge in [0, 0.05) is 37.6 Å². The minimum Gasteiger partial charge on any atom is -0.378 e. The van der Waals surface area contributed by atoms with Crippen molar-refractivity contribution in [2.75, 3.05) is 69.7 Å². The standard InChI is InChI=1S/C21H32N4O3/c1-17-7-9-25(10-8-17)21(27)16-23(2)15-20(26)22-18-3-5-19(6-4-18)24-11-13-28-14-12-24/h3-6,17H,7-16H2,1-2H3,(H,22,26). The molecule has 2 saturated heterocycles. The van der Waals surface area contributed by atoms with E-state index >= 15 is 0 Å². The molecule has 154 valence electrons. The molecule has 1 N–H and O–H groups in total. The summed E-state index contributed by atoms with van der Waals surface area (Å²) >= 11 is 0. The summed E-state index contributed by atoms with van der Waals surface area (Å²) in [6.45, 7) is 7.64. The monoisotopic (exact) mass is 388 g/mol. The Bertz CT molecular complexity index is 650. The summed E-state index contributed by atoms with van der Waals surface area (Å²) in [5.74, 6) is 0.695. The van der Waals surface area contributed by atoms with E-state index < -0.39 is 0 Å². The maximum absolute atomic E-state index is 12.4. The summed E-state index contributed by atoms with van der Waals surface area (Å²) in [5.41, 5.74) is 1.91. The molecule has 7 heteroatoms. The molecule has 3 rings (SSSR count). The van der Waals surface area contributed by atoms with Crippen LogP contribution >= 0.6 is 0 Å². The largest absolute Gasteiger partial charge is 0.378 e. The van der Waals surface area contributed by atoms with Crippen LogP contribution in [0.1, 0.15) is 19.8 Å². The molecule has 2 amide bonds. The molecule has 0 aromatic heterocycles. The predicted octanol–water partition coefficient (Wildman–Crippen LogP) is 1.65. The van der Waals surface area contributed by atoms with Crippen molar-refractivity contribution in [1.82, 2.24) is 9.80 Å². The van der Waals surface area contributed by atoms with Gasteiger partial charge in [-0.25, -0.2) is 0 Å². The van der Waals surface area contributed by atoms with Gasteiger partial charge in [0.2, 0.25) is 11.8 Å². The highest BCUT2D eigenvalue weighted by molar-refractivity contribution is 5.92. The molecule has 0 spiro atoms. The molecule has 7 nitrogen and oxygen atoms in total. The smallest absolute Gasteiger partial charge is 0.238 e. The second kappa shape index (κ2) is 9.89. The molecule has 1 aromatic carbocycles. The highest BCUT2D eigenvalue weighted by Crippen LogP contribution is 2.19. The van der Waals surface area contributed by atoms with Gasteiger partial charge in [-0.2, -0.15) is 0 Å². The minimum atomic E-state index is -0.110. The number of likely N-dealkylation sites (tertiary alicyclic amines) is 1. The molecule has 0 unspecified atom stereocenters. The van der Waals surface area contributed by atoms with E-state index in [-0.39, 0.29) is 24.9 Å². The van der Waals surface area contributed by atoms with Crippen LogP contribution in [0.5, 0.6) is 0 Å². The van der Waals surface area contributed by atoms with Gasteiger partial charge < -0.3 is 19.9 Å². The Balaban J connectivity index is 1.42. The molecule has 0 atom stereocenters. The van der Waals surface area contributed by atoms with Gasteiger partial charge in [-0.1, -0.05) is 6.92 Å². The van der Waals surface area contributed by atoms with E-state index in [1.807, 2.05) is 36.2 Å². The van der Waals surface area contributed by atoms with Crippen LogP contribution in [-0.2, 0) is 14.3 Å². The van der Waals surface area contributed by atoms with Crippen molar-refractivity contribution < 1.29 is 14.3 Å². The summed E-state index contributed by atoms with van der Waals surface area (Å²) in [5, 5.41) is 2.91. The molecule has 2 heterocycles. The number of rotatable bonds is 6. The summed E-state index contributed by atoms with van der Waals surface area (Å²) in [6.07, 6.45) is 2.13. The fraction of sp³-hybridized carbons (Fsp3) is 0.619. The van der Waals surface area contributed by atoms with Crippen LogP contribution in [0.4, 0.5) is 11.4 Å². The van der Waals surface area contributed by atoms with Gasteiger partial charge in [-0.15, -0.1) is 0 Å². The molecular weight excluding hydrogens is 356 g/mol. The number of carbonyl (C=O) groups excluding carboxylic acids is 2. The number of morpholine rings is 1. The Morgan fingerprint density at radius 3 is 2.36 bits per heavy atom. The van der Waals surface area contributed by atoms with Gasteiger partial charge in [0.1, 0.15) is 0 Å². The molecule has 0 radical (unpaired) electrons. The van der Waals surface area contributed by atoms with Crippen molar-refractivity contribution in [2.24, 2.45) is 5.92 Å². The van der Waals surface area contributed by atoms with E-state index in [0.717, 1.165) is 63.6 Å². The maximum Gasteiger partial charge on any atom is 0.238 e. The first kappa shape index (κ1) is 20.6. The molecule has 1 aromatic rings. The summed E-state index contributed by atoms with van der Waals surface area (Å²) in [7, 11) is 1.81. The van der Waals surface area contributed by atoms with Gasteiger partial charge in [0.05, 0.1) is 26.3 Å². The van der Waals surface area contributed by atoms with Gasteiger partial charge in [0.15, 0.2) is 0 Å². The first-order valence-electron chi connectivity index (χ1n) is 10.2. The molecule has 28 heavy (non-hydrogen) atoms. The Labute approximate surface area is 167 Å². The van der Waals surface area contributed by atoms with Crippen LogP contribution in [0.15, 0.2) is 24.3 Å². The van der Waals surface area contributed by atoms with Crippen LogP contribution in [0.25, 0.3) is 0 Å². The molecule has 0 saturated carbocycles. The lowest BCUT2D eigenvalue weighted by Gasteiger charge is -2.31. The number of hydrogen-bond acceptors (Lipinski definition) is 5.